The quantitative estimate of drug-likeness (QED) is 0.825. The van der Waals surface area contributed by atoms with E-state index in [0.29, 0.717) is 4.47 Å². The average molecular weight is 334 g/mol. The molecule has 1 aromatic carbocycles. The van der Waals surface area contributed by atoms with E-state index >= 15 is 0 Å². The number of rotatable bonds is 2. The van der Waals surface area contributed by atoms with Crippen LogP contribution in [-0.4, -0.2) is 9.97 Å². The Morgan fingerprint density at radius 3 is 2.61 bits per heavy atom. The van der Waals surface area contributed by atoms with E-state index < -0.39 is 5.82 Å². The lowest BCUT2D eigenvalue weighted by molar-refractivity contribution is 0.455. The summed E-state index contributed by atoms with van der Waals surface area (Å²) in [5, 5.41) is -0.0176. The number of nitrogens with zero attached hydrogens (tertiary/aromatic N) is 2. The lowest BCUT2D eigenvalue weighted by Gasteiger charge is -2.08. The molecule has 0 spiro atoms. The molecule has 8 heteroatoms. The van der Waals surface area contributed by atoms with Crippen LogP contribution < -0.4 is 16.2 Å². The van der Waals surface area contributed by atoms with Gasteiger partial charge in [0.25, 0.3) is 0 Å². The van der Waals surface area contributed by atoms with Crippen molar-refractivity contribution in [2.45, 2.75) is 0 Å². The molecule has 4 N–H and O–H groups in total. The number of hydrogen-bond donors (Lipinski definition) is 2. The molecule has 1 heterocycles. The molecule has 0 saturated carbocycles. The highest BCUT2D eigenvalue weighted by molar-refractivity contribution is 9.10. The first-order valence-electron chi connectivity index (χ1n) is 4.68. The smallest absolute Gasteiger partial charge is 0.226 e. The molecule has 94 valence electrons. The van der Waals surface area contributed by atoms with Gasteiger partial charge >= 0.3 is 0 Å². The molecule has 18 heavy (non-hydrogen) atoms. The summed E-state index contributed by atoms with van der Waals surface area (Å²) < 4.78 is 19.1. The maximum atomic E-state index is 13.3. The summed E-state index contributed by atoms with van der Waals surface area (Å²) in [4.78, 5) is 7.50. The highest BCUT2D eigenvalue weighted by Gasteiger charge is 2.10. The van der Waals surface area contributed by atoms with E-state index in [-0.39, 0.29) is 28.4 Å². The Bertz CT molecular complexity index is 590. The van der Waals surface area contributed by atoms with E-state index in [4.69, 9.17) is 27.8 Å². The van der Waals surface area contributed by atoms with Gasteiger partial charge in [-0.15, -0.1) is 0 Å². The van der Waals surface area contributed by atoms with Crippen molar-refractivity contribution < 1.29 is 9.13 Å². The Balaban J connectivity index is 2.36. The molecule has 2 aromatic rings. The van der Waals surface area contributed by atoms with Crippen LogP contribution in [0, 0.1) is 5.82 Å². The van der Waals surface area contributed by atoms with E-state index in [9.17, 15) is 4.39 Å². The van der Waals surface area contributed by atoms with Crippen LogP contribution in [0.2, 0.25) is 5.02 Å². The number of anilines is 2. The third-order valence-corrected chi connectivity index (χ3v) is 2.84. The van der Waals surface area contributed by atoms with E-state index in [0.717, 1.165) is 6.07 Å². The molecule has 0 aliphatic heterocycles. The fourth-order valence-electron chi connectivity index (χ4n) is 1.21. The summed E-state index contributed by atoms with van der Waals surface area (Å²) in [5.41, 5.74) is 10.9. The number of nitrogens with two attached hydrogens (primary N) is 2. The molecule has 0 fully saturated rings. The van der Waals surface area contributed by atoms with Crippen LogP contribution in [-0.2, 0) is 0 Å². The molecule has 1 aromatic heterocycles. The van der Waals surface area contributed by atoms with Crippen molar-refractivity contribution in [2.24, 2.45) is 0 Å². The van der Waals surface area contributed by atoms with Crippen molar-refractivity contribution >= 4 is 39.3 Å². The average Bonchev–Trinajstić information content (AvgIpc) is 2.24. The number of benzene rings is 1. The van der Waals surface area contributed by atoms with E-state index in [1.807, 2.05) is 0 Å². The SMILES string of the molecule is Nc1cc(Oc2cc(F)c(Cl)cc2Br)nc(N)n1. The van der Waals surface area contributed by atoms with Crippen molar-refractivity contribution in [3.05, 3.63) is 33.5 Å². The predicted octanol–water partition coefficient (Wildman–Crippen LogP) is 2.99. The second-order valence-corrected chi connectivity index (χ2v) is 4.55. The monoisotopic (exact) mass is 332 g/mol. The summed E-state index contributed by atoms with van der Waals surface area (Å²) in [6, 6.07) is 3.87. The van der Waals surface area contributed by atoms with Gasteiger partial charge in [0.15, 0.2) is 0 Å². The minimum absolute atomic E-state index is 0.0176. The summed E-state index contributed by atoms with van der Waals surface area (Å²) in [6.45, 7) is 0. The van der Waals surface area contributed by atoms with E-state index in [1.165, 1.54) is 12.1 Å². The molecule has 0 atom stereocenters. The minimum Gasteiger partial charge on any atom is -0.437 e. The largest absolute Gasteiger partial charge is 0.437 e. The zero-order chi connectivity index (χ0) is 13.3. The molecule has 5 nitrogen and oxygen atoms in total. The lowest BCUT2D eigenvalue weighted by Crippen LogP contribution is -2.01. The van der Waals surface area contributed by atoms with E-state index in [1.54, 1.807) is 0 Å². The second-order valence-electron chi connectivity index (χ2n) is 3.29. The Hall–Kier alpha value is -1.60. The third kappa shape index (κ3) is 2.80. The highest BCUT2D eigenvalue weighted by atomic mass is 79.9. The summed E-state index contributed by atoms with van der Waals surface area (Å²) in [6.07, 6.45) is 0. The molecular weight excluding hydrogens is 326 g/mol. The second kappa shape index (κ2) is 4.95. The van der Waals surface area contributed by atoms with Crippen LogP contribution in [0.15, 0.2) is 22.7 Å². The molecule has 0 radical (unpaired) electrons. The summed E-state index contributed by atoms with van der Waals surface area (Å²) in [7, 11) is 0. The normalized spacial score (nSPS) is 10.4. The molecule has 0 aliphatic rings. The molecule has 2 rings (SSSR count). The number of aromatic nitrogens is 2. The van der Waals surface area contributed by atoms with Gasteiger partial charge in [-0.05, 0) is 22.0 Å². The summed E-state index contributed by atoms with van der Waals surface area (Å²) >= 11 is 8.81. The Morgan fingerprint density at radius 2 is 1.94 bits per heavy atom. The molecule has 0 aliphatic carbocycles. The fourth-order valence-corrected chi connectivity index (χ4v) is 1.93. The number of hydrogen-bond acceptors (Lipinski definition) is 5. The number of nitrogen functional groups attached to an aromatic ring is 2. The van der Waals surface area contributed by atoms with Crippen molar-refractivity contribution in [1.29, 1.82) is 0 Å². The van der Waals surface area contributed by atoms with E-state index in [2.05, 4.69) is 25.9 Å². The van der Waals surface area contributed by atoms with Gasteiger partial charge in [0, 0.05) is 12.1 Å². The van der Waals surface area contributed by atoms with Gasteiger partial charge < -0.3 is 16.2 Å². The first-order valence-corrected chi connectivity index (χ1v) is 5.85. The predicted molar refractivity (Wildman–Crippen MR) is 70.0 cm³/mol. The maximum absolute atomic E-state index is 13.3. The Morgan fingerprint density at radius 1 is 1.22 bits per heavy atom. The Labute approximate surface area is 115 Å². The first kappa shape index (κ1) is 12.8. The van der Waals surface area contributed by atoms with Gasteiger partial charge in [0.2, 0.25) is 11.8 Å². The number of halogens is 3. The van der Waals surface area contributed by atoms with Gasteiger partial charge in [0.1, 0.15) is 17.4 Å². The minimum atomic E-state index is -0.607. The fraction of sp³-hybridized carbons (Fsp3) is 0. The first-order chi connectivity index (χ1) is 8.45. The molecule has 0 unspecified atom stereocenters. The van der Waals surface area contributed by atoms with Crippen LogP contribution in [0.4, 0.5) is 16.2 Å². The van der Waals surface area contributed by atoms with Gasteiger partial charge in [0.05, 0.1) is 9.50 Å². The van der Waals surface area contributed by atoms with Crippen LogP contribution >= 0.6 is 27.5 Å². The van der Waals surface area contributed by atoms with Crippen LogP contribution in [0.1, 0.15) is 0 Å². The Kier molecular flexibility index (Phi) is 3.53. The molecule has 0 amide bonds. The molecule has 0 saturated heterocycles. The zero-order valence-electron chi connectivity index (χ0n) is 8.82. The van der Waals surface area contributed by atoms with Crippen molar-refractivity contribution in [1.82, 2.24) is 9.97 Å². The van der Waals surface area contributed by atoms with Gasteiger partial charge in [-0.2, -0.15) is 9.97 Å². The lowest BCUT2D eigenvalue weighted by atomic mass is 10.3. The standard InChI is InChI=1S/C10H7BrClFN4O/c11-4-1-5(12)6(13)2-7(4)18-9-3-8(14)16-10(15)17-9/h1-3H,(H4,14,15,16,17). The maximum Gasteiger partial charge on any atom is 0.226 e. The molecule has 0 bridgehead atoms. The summed E-state index contributed by atoms with van der Waals surface area (Å²) in [5.74, 6) is -0.166. The van der Waals surface area contributed by atoms with Crippen LogP contribution in [0.25, 0.3) is 0 Å². The third-order valence-electron chi connectivity index (χ3n) is 1.93. The van der Waals surface area contributed by atoms with Crippen LogP contribution in [0.5, 0.6) is 11.6 Å². The highest BCUT2D eigenvalue weighted by Crippen LogP contribution is 2.33. The zero-order valence-corrected chi connectivity index (χ0v) is 11.2. The van der Waals surface area contributed by atoms with Crippen molar-refractivity contribution in [2.75, 3.05) is 11.5 Å². The van der Waals surface area contributed by atoms with Gasteiger partial charge in [-0.1, -0.05) is 11.6 Å². The van der Waals surface area contributed by atoms with Crippen molar-refractivity contribution in [3.8, 4) is 11.6 Å². The van der Waals surface area contributed by atoms with Crippen LogP contribution in [0.3, 0.4) is 0 Å². The van der Waals surface area contributed by atoms with Gasteiger partial charge in [-0.3, -0.25) is 0 Å². The van der Waals surface area contributed by atoms with Crippen molar-refractivity contribution in [3.63, 3.8) is 0 Å². The molecular formula is C10H7BrClFN4O. The number of ether oxygens (including phenoxy) is 1. The topological polar surface area (TPSA) is 87.0 Å². The van der Waals surface area contributed by atoms with Gasteiger partial charge in [-0.25, -0.2) is 4.39 Å².